The number of hydrogen-bond donors (Lipinski definition) is 1. The zero-order valence-electron chi connectivity index (χ0n) is 7.09. The molecular formula is C8H6F3NO2. The first kappa shape index (κ1) is 10.5. The lowest BCUT2D eigenvalue weighted by atomic mass is 10.1. The Morgan fingerprint density at radius 2 is 2.14 bits per heavy atom. The number of nitrogens with zero attached hydrogens (tertiary/aromatic N) is 1. The van der Waals surface area contributed by atoms with E-state index >= 15 is 0 Å². The highest BCUT2D eigenvalue weighted by molar-refractivity contribution is 5.89. The largest absolute Gasteiger partial charge is 0.478 e. The fraction of sp³-hybridized carbons (Fsp3) is 0.250. The maximum absolute atomic E-state index is 13.1. The molecule has 0 aliphatic heterocycles. The quantitative estimate of drug-likeness (QED) is 0.804. The Morgan fingerprint density at radius 1 is 1.57 bits per heavy atom. The van der Waals surface area contributed by atoms with Crippen LogP contribution in [0.3, 0.4) is 0 Å². The zero-order chi connectivity index (χ0) is 10.9. The van der Waals surface area contributed by atoms with E-state index in [1.807, 2.05) is 0 Å². The van der Waals surface area contributed by atoms with E-state index in [4.69, 9.17) is 5.11 Å². The molecule has 0 amide bonds. The SMILES string of the molecule is Cc1ncc(C(F)F)c(C(=O)O)c1F. The predicted octanol–water partition coefficient (Wildman–Crippen LogP) is 2.16. The molecule has 0 aromatic carbocycles. The van der Waals surface area contributed by atoms with E-state index in [0.717, 1.165) is 0 Å². The number of rotatable bonds is 2. The average Bonchev–Trinajstić information content (AvgIpc) is 2.08. The number of halogens is 3. The fourth-order valence-electron chi connectivity index (χ4n) is 0.978. The first-order valence-electron chi connectivity index (χ1n) is 3.61. The van der Waals surface area contributed by atoms with Crippen molar-refractivity contribution in [1.82, 2.24) is 4.98 Å². The molecule has 14 heavy (non-hydrogen) atoms. The smallest absolute Gasteiger partial charge is 0.339 e. The molecule has 0 unspecified atom stereocenters. The van der Waals surface area contributed by atoms with Crippen LogP contribution in [-0.2, 0) is 0 Å². The van der Waals surface area contributed by atoms with Crippen LogP contribution in [0.1, 0.15) is 28.0 Å². The molecule has 76 valence electrons. The normalized spacial score (nSPS) is 10.6. The molecule has 1 rings (SSSR count). The molecule has 0 atom stereocenters. The molecule has 0 saturated heterocycles. The Hall–Kier alpha value is -1.59. The van der Waals surface area contributed by atoms with Crippen LogP contribution in [0, 0.1) is 12.7 Å². The molecule has 6 heteroatoms. The third kappa shape index (κ3) is 1.68. The summed E-state index contributed by atoms with van der Waals surface area (Å²) in [5.41, 5.74) is -2.13. The van der Waals surface area contributed by atoms with Gasteiger partial charge in [-0.2, -0.15) is 0 Å². The molecule has 0 radical (unpaired) electrons. The van der Waals surface area contributed by atoms with Gasteiger partial charge in [-0.25, -0.2) is 18.0 Å². The summed E-state index contributed by atoms with van der Waals surface area (Å²) in [4.78, 5) is 13.8. The van der Waals surface area contributed by atoms with Crippen LogP contribution in [0.25, 0.3) is 0 Å². The minimum Gasteiger partial charge on any atom is -0.478 e. The number of carbonyl (C=O) groups is 1. The van der Waals surface area contributed by atoms with E-state index in [1.54, 1.807) is 0 Å². The summed E-state index contributed by atoms with van der Waals surface area (Å²) in [6, 6.07) is 0. The van der Waals surface area contributed by atoms with E-state index in [2.05, 4.69) is 4.98 Å². The summed E-state index contributed by atoms with van der Waals surface area (Å²) in [6.07, 6.45) is -2.38. The van der Waals surface area contributed by atoms with Crippen molar-refractivity contribution in [3.63, 3.8) is 0 Å². The topological polar surface area (TPSA) is 50.2 Å². The van der Waals surface area contributed by atoms with Crippen LogP contribution in [-0.4, -0.2) is 16.1 Å². The van der Waals surface area contributed by atoms with Crippen molar-refractivity contribution in [1.29, 1.82) is 0 Å². The molecule has 0 bridgehead atoms. The summed E-state index contributed by atoms with van der Waals surface area (Å²) in [7, 11) is 0. The summed E-state index contributed by atoms with van der Waals surface area (Å²) in [5, 5.41) is 8.52. The highest BCUT2D eigenvalue weighted by Gasteiger charge is 2.23. The van der Waals surface area contributed by atoms with Crippen molar-refractivity contribution < 1.29 is 23.1 Å². The van der Waals surface area contributed by atoms with Crippen LogP contribution in [0.4, 0.5) is 13.2 Å². The predicted molar refractivity (Wildman–Crippen MR) is 40.8 cm³/mol. The molecule has 0 fully saturated rings. The molecule has 1 N–H and O–H groups in total. The molecular weight excluding hydrogens is 199 g/mol. The number of carboxylic acids is 1. The van der Waals surface area contributed by atoms with Gasteiger partial charge in [-0.15, -0.1) is 0 Å². The summed E-state index contributed by atoms with van der Waals surface area (Å²) in [6.45, 7) is 1.21. The van der Waals surface area contributed by atoms with Gasteiger partial charge in [0.25, 0.3) is 6.43 Å². The number of aryl methyl sites for hydroxylation is 1. The second-order valence-corrected chi connectivity index (χ2v) is 2.59. The molecule has 0 aliphatic rings. The van der Waals surface area contributed by atoms with Crippen molar-refractivity contribution in [2.24, 2.45) is 0 Å². The van der Waals surface area contributed by atoms with Crippen LogP contribution >= 0.6 is 0 Å². The lowest BCUT2D eigenvalue weighted by Crippen LogP contribution is -2.09. The standard InChI is InChI=1S/C8H6F3NO2/c1-3-6(9)5(8(13)14)4(2-12-3)7(10)11/h2,7H,1H3,(H,13,14). The van der Waals surface area contributed by atoms with Gasteiger partial charge in [0.15, 0.2) is 5.82 Å². The molecule has 1 aromatic rings. The summed E-state index contributed by atoms with van der Waals surface area (Å²) >= 11 is 0. The Morgan fingerprint density at radius 3 is 2.57 bits per heavy atom. The lowest BCUT2D eigenvalue weighted by molar-refractivity contribution is 0.0678. The molecule has 1 heterocycles. The van der Waals surface area contributed by atoms with E-state index in [9.17, 15) is 18.0 Å². The molecule has 0 saturated carbocycles. The number of carboxylic acid groups (broad SMARTS) is 1. The highest BCUT2D eigenvalue weighted by atomic mass is 19.3. The van der Waals surface area contributed by atoms with Crippen LogP contribution in [0.15, 0.2) is 6.20 Å². The van der Waals surface area contributed by atoms with E-state index in [1.165, 1.54) is 6.92 Å². The number of aromatic nitrogens is 1. The van der Waals surface area contributed by atoms with Gasteiger partial charge in [0.05, 0.1) is 11.3 Å². The third-order valence-electron chi connectivity index (χ3n) is 1.67. The maximum atomic E-state index is 13.1. The molecule has 0 aliphatic carbocycles. The van der Waals surface area contributed by atoms with Gasteiger partial charge in [0.1, 0.15) is 5.56 Å². The van der Waals surface area contributed by atoms with Gasteiger partial charge in [-0.3, -0.25) is 4.98 Å². The number of hydrogen-bond acceptors (Lipinski definition) is 2. The van der Waals surface area contributed by atoms with Crippen LogP contribution in [0.5, 0.6) is 0 Å². The third-order valence-corrected chi connectivity index (χ3v) is 1.67. The minimum absolute atomic E-state index is 0.216. The van der Waals surface area contributed by atoms with Gasteiger partial charge in [0, 0.05) is 6.20 Å². The zero-order valence-corrected chi connectivity index (χ0v) is 7.09. The Labute approximate surface area is 77.2 Å². The molecule has 1 aromatic heterocycles. The highest BCUT2D eigenvalue weighted by Crippen LogP contribution is 2.25. The van der Waals surface area contributed by atoms with Crippen molar-refractivity contribution in [3.05, 3.63) is 28.8 Å². The first-order valence-corrected chi connectivity index (χ1v) is 3.61. The second kappa shape index (κ2) is 3.65. The van der Waals surface area contributed by atoms with Crippen molar-refractivity contribution in [2.75, 3.05) is 0 Å². The minimum atomic E-state index is -3.05. The Balaban J connectivity index is 3.45. The first-order chi connectivity index (χ1) is 6.45. The van der Waals surface area contributed by atoms with Gasteiger partial charge < -0.3 is 5.11 Å². The number of pyridine rings is 1. The second-order valence-electron chi connectivity index (χ2n) is 2.59. The summed E-state index contributed by atoms with van der Waals surface area (Å²) in [5.74, 6) is -2.93. The van der Waals surface area contributed by atoms with Crippen LogP contribution < -0.4 is 0 Å². The molecule has 3 nitrogen and oxygen atoms in total. The van der Waals surface area contributed by atoms with Crippen LogP contribution in [0.2, 0.25) is 0 Å². The van der Waals surface area contributed by atoms with Crippen molar-refractivity contribution in [3.8, 4) is 0 Å². The maximum Gasteiger partial charge on any atom is 0.339 e. The summed E-state index contributed by atoms with van der Waals surface area (Å²) < 4.78 is 37.6. The van der Waals surface area contributed by atoms with Gasteiger partial charge in [-0.1, -0.05) is 0 Å². The number of aromatic carboxylic acids is 1. The van der Waals surface area contributed by atoms with E-state index < -0.39 is 29.3 Å². The Kier molecular flexibility index (Phi) is 2.73. The molecule has 0 spiro atoms. The van der Waals surface area contributed by atoms with Crippen molar-refractivity contribution >= 4 is 5.97 Å². The van der Waals surface area contributed by atoms with Gasteiger partial charge >= 0.3 is 5.97 Å². The lowest BCUT2D eigenvalue weighted by Gasteiger charge is -2.06. The van der Waals surface area contributed by atoms with Gasteiger partial charge in [-0.05, 0) is 6.92 Å². The average molecular weight is 205 g/mol. The van der Waals surface area contributed by atoms with E-state index in [-0.39, 0.29) is 5.69 Å². The van der Waals surface area contributed by atoms with Crippen molar-refractivity contribution in [2.45, 2.75) is 13.3 Å². The van der Waals surface area contributed by atoms with Gasteiger partial charge in [0.2, 0.25) is 0 Å². The van der Waals surface area contributed by atoms with E-state index in [0.29, 0.717) is 6.20 Å². The number of alkyl halides is 2. The Bertz CT molecular complexity index is 379. The monoisotopic (exact) mass is 205 g/mol. The fourth-order valence-corrected chi connectivity index (χ4v) is 0.978.